The zero-order valence-electron chi connectivity index (χ0n) is 8.30. The molecule has 0 aliphatic heterocycles. The van der Waals surface area contributed by atoms with E-state index in [1.807, 2.05) is 0 Å². The first-order chi connectivity index (χ1) is 7.10. The molecule has 0 saturated heterocycles. The summed E-state index contributed by atoms with van der Waals surface area (Å²) in [7, 11) is 1.38. The quantitative estimate of drug-likeness (QED) is 0.669. The SMILES string of the molecule is COc1cc([C@H](N)CO)ccc1C(=O)O. The van der Waals surface area contributed by atoms with Crippen molar-refractivity contribution < 1.29 is 19.7 Å². The van der Waals surface area contributed by atoms with E-state index >= 15 is 0 Å². The fourth-order valence-electron chi connectivity index (χ4n) is 1.22. The Morgan fingerprint density at radius 1 is 1.60 bits per heavy atom. The van der Waals surface area contributed by atoms with Crippen LogP contribution in [0.1, 0.15) is 22.0 Å². The van der Waals surface area contributed by atoms with Crippen molar-refractivity contribution in [2.24, 2.45) is 5.73 Å². The number of methoxy groups -OCH3 is 1. The molecule has 82 valence electrons. The van der Waals surface area contributed by atoms with E-state index in [1.165, 1.54) is 19.2 Å². The van der Waals surface area contributed by atoms with Crippen LogP contribution in [0.5, 0.6) is 5.75 Å². The molecule has 1 aromatic rings. The minimum absolute atomic E-state index is 0.0754. The predicted molar refractivity (Wildman–Crippen MR) is 54.0 cm³/mol. The number of ether oxygens (including phenoxy) is 1. The van der Waals surface area contributed by atoms with Gasteiger partial charge < -0.3 is 20.7 Å². The number of hydrogen-bond donors (Lipinski definition) is 3. The van der Waals surface area contributed by atoms with Crippen LogP contribution >= 0.6 is 0 Å². The van der Waals surface area contributed by atoms with Gasteiger partial charge in [-0.2, -0.15) is 0 Å². The molecule has 0 aromatic heterocycles. The van der Waals surface area contributed by atoms with E-state index in [2.05, 4.69) is 0 Å². The third-order valence-corrected chi connectivity index (χ3v) is 2.08. The van der Waals surface area contributed by atoms with Crippen LogP contribution in [0.2, 0.25) is 0 Å². The molecule has 0 radical (unpaired) electrons. The summed E-state index contributed by atoms with van der Waals surface area (Å²) in [6, 6.07) is 3.96. The van der Waals surface area contributed by atoms with Gasteiger partial charge in [-0.3, -0.25) is 0 Å². The molecule has 0 aliphatic carbocycles. The van der Waals surface area contributed by atoms with Crippen LogP contribution in [-0.4, -0.2) is 29.9 Å². The highest BCUT2D eigenvalue weighted by Crippen LogP contribution is 2.22. The molecule has 0 spiro atoms. The van der Waals surface area contributed by atoms with Gasteiger partial charge in [0.1, 0.15) is 11.3 Å². The zero-order chi connectivity index (χ0) is 11.4. The molecule has 0 heterocycles. The van der Waals surface area contributed by atoms with Crippen molar-refractivity contribution in [2.75, 3.05) is 13.7 Å². The first-order valence-corrected chi connectivity index (χ1v) is 4.37. The van der Waals surface area contributed by atoms with Gasteiger partial charge >= 0.3 is 5.97 Å². The van der Waals surface area contributed by atoms with Gasteiger partial charge in [-0.25, -0.2) is 4.79 Å². The lowest BCUT2D eigenvalue weighted by molar-refractivity contribution is 0.0693. The molecule has 5 nitrogen and oxygen atoms in total. The first kappa shape index (κ1) is 11.5. The number of aliphatic hydroxyl groups excluding tert-OH is 1. The summed E-state index contributed by atoms with van der Waals surface area (Å²) < 4.78 is 4.92. The maximum Gasteiger partial charge on any atom is 0.339 e. The number of rotatable bonds is 4. The molecule has 0 aliphatic rings. The number of carbonyl (C=O) groups is 1. The number of hydrogen-bond acceptors (Lipinski definition) is 4. The minimum atomic E-state index is -1.06. The first-order valence-electron chi connectivity index (χ1n) is 4.37. The summed E-state index contributed by atoms with van der Waals surface area (Å²) in [4.78, 5) is 10.8. The van der Waals surface area contributed by atoms with Crippen molar-refractivity contribution in [3.8, 4) is 5.75 Å². The van der Waals surface area contributed by atoms with Gasteiger partial charge in [0, 0.05) is 0 Å². The van der Waals surface area contributed by atoms with Gasteiger partial charge in [-0.15, -0.1) is 0 Å². The van der Waals surface area contributed by atoms with Gasteiger partial charge in [0.15, 0.2) is 0 Å². The number of aromatic carboxylic acids is 1. The molecule has 0 saturated carbocycles. The number of carboxylic acids is 1. The van der Waals surface area contributed by atoms with Crippen molar-refractivity contribution in [2.45, 2.75) is 6.04 Å². The highest BCUT2D eigenvalue weighted by Gasteiger charge is 2.13. The van der Waals surface area contributed by atoms with Gasteiger partial charge in [-0.1, -0.05) is 6.07 Å². The molecule has 0 bridgehead atoms. The Hall–Kier alpha value is -1.59. The van der Waals surface area contributed by atoms with Crippen LogP contribution in [0.15, 0.2) is 18.2 Å². The average Bonchev–Trinajstić information content (AvgIpc) is 2.26. The smallest absolute Gasteiger partial charge is 0.339 e. The maximum absolute atomic E-state index is 10.8. The molecule has 15 heavy (non-hydrogen) atoms. The molecule has 1 aromatic carbocycles. The van der Waals surface area contributed by atoms with Crippen molar-refractivity contribution in [1.29, 1.82) is 0 Å². The minimum Gasteiger partial charge on any atom is -0.496 e. The van der Waals surface area contributed by atoms with Crippen LogP contribution in [0, 0.1) is 0 Å². The molecule has 0 unspecified atom stereocenters. The van der Waals surface area contributed by atoms with E-state index < -0.39 is 12.0 Å². The van der Waals surface area contributed by atoms with Crippen molar-refractivity contribution in [3.05, 3.63) is 29.3 Å². The van der Waals surface area contributed by atoms with Gasteiger partial charge in [0.25, 0.3) is 0 Å². The Morgan fingerprint density at radius 2 is 2.27 bits per heavy atom. The molecule has 1 atom stereocenters. The molecule has 4 N–H and O–H groups in total. The standard InChI is InChI=1S/C10H13NO4/c1-15-9-4-6(8(11)5-12)2-3-7(9)10(13)14/h2-4,8,12H,5,11H2,1H3,(H,13,14)/t8-/m1/s1. The molecular formula is C10H13NO4. The van der Waals surface area contributed by atoms with Gasteiger partial charge in [0.05, 0.1) is 19.8 Å². The van der Waals surface area contributed by atoms with E-state index in [0.717, 1.165) is 0 Å². The Labute approximate surface area is 87.1 Å². The second kappa shape index (κ2) is 4.77. The molecule has 0 fully saturated rings. The Balaban J connectivity index is 3.13. The lowest BCUT2D eigenvalue weighted by Gasteiger charge is -2.11. The van der Waals surface area contributed by atoms with E-state index in [9.17, 15) is 4.79 Å². The summed E-state index contributed by atoms with van der Waals surface area (Å²) in [5.74, 6) is -0.820. The fraction of sp³-hybridized carbons (Fsp3) is 0.300. The van der Waals surface area contributed by atoms with Crippen LogP contribution < -0.4 is 10.5 Å². The van der Waals surface area contributed by atoms with Crippen molar-refractivity contribution in [1.82, 2.24) is 0 Å². The van der Waals surface area contributed by atoms with Crippen molar-refractivity contribution in [3.63, 3.8) is 0 Å². The highest BCUT2D eigenvalue weighted by molar-refractivity contribution is 5.91. The second-order valence-electron chi connectivity index (χ2n) is 3.05. The normalized spacial score (nSPS) is 12.2. The van der Waals surface area contributed by atoms with Gasteiger partial charge in [0.2, 0.25) is 0 Å². The monoisotopic (exact) mass is 211 g/mol. The average molecular weight is 211 g/mol. The third kappa shape index (κ3) is 2.45. The fourth-order valence-corrected chi connectivity index (χ4v) is 1.22. The van der Waals surface area contributed by atoms with E-state index in [0.29, 0.717) is 5.56 Å². The van der Waals surface area contributed by atoms with Gasteiger partial charge in [-0.05, 0) is 17.7 Å². The lowest BCUT2D eigenvalue weighted by Crippen LogP contribution is -2.15. The number of benzene rings is 1. The second-order valence-corrected chi connectivity index (χ2v) is 3.05. The maximum atomic E-state index is 10.8. The molecule has 5 heteroatoms. The lowest BCUT2D eigenvalue weighted by atomic mass is 10.1. The number of carboxylic acid groups (broad SMARTS) is 1. The van der Waals surface area contributed by atoms with Crippen molar-refractivity contribution >= 4 is 5.97 Å². The summed E-state index contributed by atoms with van der Waals surface area (Å²) in [6.45, 7) is -0.199. The Bertz CT molecular complexity index is 364. The topological polar surface area (TPSA) is 92.8 Å². The van der Waals surface area contributed by atoms with E-state index in [4.69, 9.17) is 20.7 Å². The van der Waals surface area contributed by atoms with Crippen LogP contribution in [0.4, 0.5) is 0 Å². The largest absolute Gasteiger partial charge is 0.496 e. The van der Waals surface area contributed by atoms with Crippen LogP contribution in [0.3, 0.4) is 0 Å². The van der Waals surface area contributed by atoms with E-state index in [1.54, 1.807) is 6.07 Å². The summed E-state index contributed by atoms with van der Waals surface area (Å²) in [5.41, 5.74) is 6.30. The van der Waals surface area contributed by atoms with Crippen LogP contribution in [0.25, 0.3) is 0 Å². The Kier molecular flexibility index (Phi) is 3.65. The van der Waals surface area contributed by atoms with Crippen LogP contribution in [-0.2, 0) is 0 Å². The van der Waals surface area contributed by atoms with E-state index in [-0.39, 0.29) is 17.9 Å². The molecule has 1 rings (SSSR count). The zero-order valence-corrected chi connectivity index (χ0v) is 8.30. The number of aliphatic hydroxyl groups is 1. The summed E-state index contributed by atoms with van der Waals surface area (Å²) >= 11 is 0. The summed E-state index contributed by atoms with van der Waals surface area (Å²) in [6.07, 6.45) is 0. The highest BCUT2D eigenvalue weighted by atomic mass is 16.5. The molecular weight excluding hydrogens is 198 g/mol. The predicted octanol–water partition coefficient (Wildman–Crippen LogP) is 0.385. The molecule has 0 amide bonds. The third-order valence-electron chi connectivity index (χ3n) is 2.08. The number of nitrogens with two attached hydrogens (primary N) is 1. The summed E-state index contributed by atoms with van der Waals surface area (Å²) in [5, 5.41) is 17.7. The Morgan fingerprint density at radius 3 is 2.73 bits per heavy atom.